The highest BCUT2D eigenvalue weighted by Gasteiger charge is 2.23. The van der Waals surface area contributed by atoms with Gasteiger partial charge in [-0.15, -0.1) is 0 Å². The summed E-state index contributed by atoms with van der Waals surface area (Å²) in [6.45, 7) is 8.55. The van der Waals surface area contributed by atoms with Crippen LogP contribution in [0, 0.1) is 0 Å². The van der Waals surface area contributed by atoms with Gasteiger partial charge in [0, 0.05) is 38.8 Å². The molecule has 0 amide bonds. The van der Waals surface area contributed by atoms with E-state index < -0.39 is 0 Å². The molecule has 1 unspecified atom stereocenters. The third kappa shape index (κ3) is 4.53. The van der Waals surface area contributed by atoms with Gasteiger partial charge in [-0.3, -0.25) is 4.90 Å². The van der Waals surface area contributed by atoms with E-state index in [1.54, 1.807) is 7.11 Å². The predicted octanol–water partition coefficient (Wildman–Crippen LogP) is 2.84. The number of rotatable bonds is 8. The van der Waals surface area contributed by atoms with Crippen molar-refractivity contribution >= 4 is 0 Å². The Labute approximate surface area is 129 Å². The van der Waals surface area contributed by atoms with Crippen LogP contribution in [0.1, 0.15) is 37.8 Å². The van der Waals surface area contributed by atoms with Crippen LogP contribution in [0.3, 0.4) is 0 Å². The monoisotopic (exact) mass is 290 g/mol. The maximum absolute atomic E-state index is 5.29. The van der Waals surface area contributed by atoms with Crippen LogP contribution in [0.2, 0.25) is 0 Å². The van der Waals surface area contributed by atoms with E-state index in [1.165, 1.54) is 24.0 Å². The number of hydrogen-bond acceptors (Lipinski definition) is 3. The highest BCUT2D eigenvalue weighted by molar-refractivity contribution is 5.29. The quantitative estimate of drug-likeness (QED) is 0.797. The molecule has 0 bridgehead atoms. The number of nitrogens with one attached hydrogen (secondary N) is 1. The maximum Gasteiger partial charge on any atom is 0.0589 e. The number of methoxy groups -OCH3 is 1. The predicted molar refractivity (Wildman–Crippen MR) is 88.6 cm³/mol. The van der Waals surface area contributed by atoms with Gasteiger partial charge in [0.05, 0.1) is 6.61 Å². The molecule has 1 aliphatic heterocycles. The molecule has 0 aliphatic carbocycles. The average Bonchev–Trinajstić information content (AvgIpc) is 2.53. The molecule has 1 atom stereocenters. The standard InChI is InChI=1S/C18H30N2O/c1-4-18(5-2)20(10-11-21-3)14-17-12-15-8-6-7-9-16(15)13-19-17/h6-9,17-19H,4-5,10-14H2,1-3H3. The second-order valence-electron chi connectivity index (χ2n) is 6.01. The first-order chi connectivity index (χ1) is 10.3. The number of ether oxygens (including phenoxy) is 1. The molecule has 0 fully saturated rings. The van der Waals surface area contributed by atoms with Gasteiger partial charge in [0.15, 0.2) is 0 Å². The Morgan fingerprint density at radius 2 is 1.95 bits per heavy atom. The zero-order valence-electron chi connectivity index (χ0n) is 13.8. The summed E-state index contributed by atoms with van der Waals surface area (Å²) in [7, 11) is 1.79. The number of benzene rings is 1. The summed E-state index contributed by atoms with van der Waals surface area (Å²) in [5, 5.41) is 3.70. The van der Waals surface area contributed by atoms with Crippen LogP contribution in [0.25, 0.3) is 0 Å². The lowest BCUT2D eigenvalue weighted by Crippen LogP contribution is -2.48. The van der Waals surface area contributed by atoms with Gasteiger partial charge in [0.25, 0.3) is 0 Å². The zero-order chi connectivity index (χ0) is 15.1. The van der Waals surface area contributed by atoms with E-state index in [1.807, 2.05) is 0 Å². The molecule has 2 rings (SSSR count). The van der Waals surface area contributed by atoms with Crippen LogP contribution in [0.5, 0.6) is 0 Å². The van der Waals surface area contributed by atoms with Crippen LogP contribution in [-0.2, 0) is 17.7 Å². The van der Waals surface area contributed by atoms with E-state index in [0.29, 0.717) is 12.1 Å². The Bertz CT molecular complexity index is 417. The Morgan fingerprint density at radius 1 is 1.24 bits per heavy atom. The lowest BCUT2D eigenvalue weighted by Gasteiger charge is -2.35. The van der Waals surface area contributed by atoms with Crippen molar-refractivity contribution in [1.29, 1.82) is 0 Å². The van der Waals surface area contributed by atoms with E-state index in [0.717, 1.165) is 32.7 Å². The van der Waals surface area contributed by atoms with Gasteiger partial charge in [-0.1, -0.05) is 38.1 Å². The third-order valence-electron chi connectivity index (χ3n) is 4.66. The molecule has 21 heavy (non-hydrogen) atoms. The second kappa shape index (κ2) is 8.52. The minimum absolute atomic E-state index is 0.553. The minimum atomic E-state index is 0.553. The molecular weight excluding hydrogens is 260 g/mol. The fraction of sp³-hybridized carbons (Fsp3) is 0.667. The molecule has 3 heteroatoms. The summed E-state index contributed by atoms with van der Waals surface area (Å²) in [4.78, 5) is 2.61. The van der Waals surface area contributed by atoms with Crippen molar-refractivity contribution < 1.29 is 4.74 Å². The normalized spacial score (nSPS) is 18.2. The van der Waals surface area contributed by atoms with Crippen molar-refractivity contribution in [2.45, 2.75) is 51.7 Å². The molecule has 0 saturated carbocycles. The summed E-state index contributed by atoms with van der Waals surface area (Å²) in [6, 6.07) is 10.0. The Morgan fingerprint density at radius 3 is 2.62 bits per heavy atom. The molecule has 1 aromatic rings. The minimum Gasteiger partial charge on any atom is -0.383 e. The molecule has 0 spiro atoms. The molecule has 1 heterocycles. The van der Waals surface area contributed by atoms with Gasteiger partial charge in [-0.2, -0.15) is 0 Å². The molecular formula is C18H30N2O. The smallest absolute Gasteiger partial charge is 0.0589 e. The highest BCUT2D eigenvalue weighted by atomic mass is 16.5. The van der Waals surface area contributed by atoms with E-state index in [4.69, 9.17) is 4.74 Å². The fourth-order valence-electron chi connectivity index (χ4n) is 3.37. The molecule has 1 aromatic carbocycles. The lowest BCUT2D eigenvalue weighted by molar-refractivity contribution is 0.105. The van der Waals surface area contributed by atoms with Gasteiger partial charge in [0.2, 0.25) is 0 Å². The second-order valence-corrected chi connectivity index (χ2v) is 6.01. The molecule has 3 nitrogen and oxygen atoms in total. The van der Waals surface area contributed by atoms with Gasteiger partial charge >= 0.3 is 0 Å². The zero-order valence-corrected chi connectivity index (χ0v) is 13.8. The fourth-order valence-corrected chi connectivity index (χ4v) is 3.37. The van der Waals surface area contributed by atoms with Crippen LogP contribution in [0.15, 0.2) is 24.3 Å². The first-order valence-corrected chi connectivity index (χ1v) is 8.31. The first-order valence-electron chi connectivity index (χ1n) is 8.31. The molecule has 1 aliphatic rings. The van der Waals surface area contributed by atoms with Crippen molar-refractivity contribution in [3.05, 3.63) is 35.4 Å². The highest BCUT2D eigenvalue weighted by Crippen LogP contribution is 2.18. The largest absolute Gasteiger partial charge is 0.383 e. The van der Waals surface area contributed by atoms with Gasteiger partial charge in [0.1, 0.15) is 0 Å². The molecule has 0 radical (unpaired) electrons. The summed E-state index contributed by atoms with van der Waals surface area (Å²) >= 11 is 0. The Balaban J connectivity index is 1.97. The number of fused-ring (bicyclic) bond motifs is 1. The van der Waals surface area contributed by atoms with Crippen molar-refractivity contribution in [3.8, 4) is 0 Å². The van der Waals surface area contributed by atoms with Gasteiger partial charge < -0.3 is 10.1 Å². The molecule has 118 valence electrons. The van der Waals surface area contributed by atoms with E-state index in [-0.39, 0.29) is 0 Å². The molecule has 0 saturated heterocycles. The third-order valence-corrected chi connectivity index (χ3v) is 4.66. The summed E-state index contributed by atoms with van der Waals surface area (Å²) in [6.07, 6.45) is 3.56. The molecule has 0 aromatic heterocycles. The van der Waals surface area contributed by atoms with Gasteiger partial charge in [-0.05, 0) is 30.4 Å². The van der Waals surface area contributed by atoms with Crippen molar-refractivity contribution in [2.75, 3.05) is 26.8 Å². The number of hydrogen-bond donors (Lipinski definition) is 1. The van der Waals surface area contributed by atoms with Crippen molar-refractivity contribution in [3.63, 3.8) is 0 Å². The lowest BCUT2D eigenvalue weighted by atomic mass is 9.95. The van der Waals surface area contributed by atoms with Crippen molar-refractivity contribution in [1.82, 2.24) is 10.2 Å². The summed E-state index contributed by atoms with van der Waals surface area (Å²) < 4.78 is 5.29. The van der Waals surface area contributed by atoms with Crippen LogP contribution < -0.4 is 5.32 Å². The van der Waals surface area contributed by atoms with Crippen LogP contribution in [0.4, 0.5) is 0 Å². The van der Waals surface area contributed by atoms with Crippen LogP contribution >= 0.6 is 0 Å². The Hall–Kier alpha value is -0.900. The van der Waals surface area contributed by atoms with Crippen molar-refractivity contribution in [2.24, 2.45) is 0 Å². The SMILES string of the molecule is CCC(CC)N(CCOC)CC1Cc2ccccc2CN1. The van der Waals surface area contributed by atoms with E-state index in [2.05, 4.69) is 48.3 Å². The maximum atomic E-state index is 5.29. The van der Waals surface area contributed by atoms with E-state index in [9.17, 15) is 0 Å². The first kappa shape index (κ1) is 16.5. The molecule has 1 N–H and O–H groups in total. The van der Waals surface area contributed by atoms with Gasteiger partial charge in [-0.25, -0.2) is 0 Å². The topological polar surface area (TPSA) is 24.5 Å². The van der Waals surface area contributed by atoms with Crippen LogP contribution in [-0.4, -0.2) is 43.8 Å². The summed E-state index contributed by atoms with van der Waals surface area (Å²) in [5.41, 5.74) is 2.97. The summed E-state index contributed by atoms with van der Waals surface area (Å²) in [5.74, 6) is 0. The van der Waals surface area contributed by atoms with E-state index >= 15 is 0 Å². The average molecular weight is 290 g/mol. The Kier molecular flexibility index (Phi) is 6.68. The number of nitrogens with zero attached hydrogens (tertiary/aromatic N) is 1.